The Morgan fingerprint density at radius 1 is 0.662 bits per heavy atom. The first-order valence-electron chi connectivity index (χ1n) is 22.0. The number of alkyl halides is 7. The molecule has 0 saturated carbocycles. The van der Waals surface area contributed by atoms with Gasteiger partial charge < -0.3 is 51.0 Å². The lowest BCUT2D eigenvalue weighted by molar-refractivity contribution is -0.141. The molecular weight excluding hydrogens is 946 g/mol. The Morgan fingerprint density at radius 2 is 1.14 bits per heavy atom. The second kappa shape index (κ2) is 21.0. The van der Waals surface area contributed by atoms with Crippen molar-refractivity contribution in [1.82, 2.24) is 41.2 Å². The molecular formula is C48H53F7N10O6. The van der Waals surface area contributed by atoms with Gasteiger partial charge in [-0.3, -0.25) is 9.59 Å². The van der Waals surface area contributed by atoms with Crippen LogP contribution < -0.4 is 42.2 Å². The maximum atomic E-state index is 14.1. The Kier molecular flexibility index (Phi) is 15.7. The summed E-state index contributed by atoms with van der Waals surface area (Å²) in [6.07, 6.45) is -9.66. The van der Waals surface area contributed by atoms with E-state index in [9.17, 15) is 40.3 Å². The zero-order valence-corrected chi connectivity index (χ0v) is 39.6. The normalized spacial score (nSPS) is 12.7. The van der Waals surface area contributed by atoms with Gasteiger partial charge in [-0.1, -0.05) is 33.9 Å². The summed E-state index contributed by atoms with van der Waals surface area (Å²) in [6.45, 7) is 15.8. The van der Waals surface area contributed by atoms with E-state index in [1.54, 1.807) is 20.8 Å². The lowest BCUT2D eigenvalue weighted by Gasteiger charge is -2.18. The van der Waals surface area contributed by atoms with Gasteiger partial charge in [0.05, 0.1) is 37.7 Å². The molecule has 23 heteroatoms. The Labute approximate surface area is 402 Å². The van der Waals surface area contributed by atoms with E-state index in [2.05, 4.69) is 54.4 Å². The Balaban J connectivity index is 1.29. The molecule has 0 radical (unpaired) electrons. The summed E-state index contributed by atoms with van der Waals surface area (Å²) >= 11 is 0. The predicted octanol–water partition coefficient (Wildman–Crippen LogP) is 8.21. The van der Waals surface area contributed by atoms with Crippen molar-refractivity contribution in [3.05, 3.63) is 96.0 Å². The van der Waals surface area contributed by atoms with Gasteiger partial charge in [-0.15, -0.1) is 0 Å². The van der Waals surface area contributed by atoms with Crippen molar-refractivity contribution >= 4 is 45.0 Å². The summed E-state index contributed by atoms with van der Waals surface area (Å²) in [5.41, 5.74) is 8.54. The van der Waals surface area contributed by atoms with Gasteiger partial charge in [0.1, 0.15) is 51.1 Å². The first-order chi connectivity index (χ1) is 33.2. The van der Waals surface area contributed by atoms with Gasteiger partial charge in [-0.2, -0.15) is 26.3 Å². The van der Waals surface area contributed by atoms with Crippen LogP contribution in [0.4, 0.5) is 30.7 Å². The number of benzene rings is 2. The summed E-state index contributed by atoms with van der Waals surface area (Å²) in [5.74, 6) is -0.862. The minimum Gasteiger partial charge on any atom is -0.494 e. The molecule has 4 aromatic heterocycles. The van der Waals surface area contributed by atoms with Crippen molar-refractivity contribution in [3.63, 3.8) is 0 Å². The molecule has 4 heterocycles. The summed E-state index contributed by atoms with van der Waals surface area (Å²) in [6, 6.07) is 8.78. The van der Waals surface area contributed by atoms with Gasteiger partial charge in [-0.05, 0) is 62.4 Å². The van der Waals surface area contributed by atoms with Crippen molar-refractivity contribution in [3.8, 4) is 34.4 Å². The molecule has 8 N–H and O–H groups in total. The number of hydrogen-bond donors (Lipinski definition) is 6. The second-order valence-electron chi connectivity index (χ2n) is 17.6. The van der Waals surface area contributed by atoms with E-state index in [4.69, 9.17) is 29.8 Å². The molecule has 0 spiro atoms. The molecule has 16 nitrogen and oxygen atoms in total. The van der Waals surface area contributed by atoms with Crippen molar-refractivity contribution in [2.45, 2.75) is 71.6 Å². The highest BCUT2D eigenvalue weighted by molar-refractivity contribution is 5.97. The number of nitrogens with zero attached hydrogens (tertiary/aromatic N) is 4. The van der Waals surface area contributed by atoms with E-state index in [-0.39, 0.29) is 136 Å². The molecule has 0 aliphatic rings. The molecule has 1 atom stereocenters. The second-order valence-corrected chi connectivity index (χ2v) is 17.6. The number of halogens is 7. The molecule has 0 saturated heterocycles. The van der Waals surface area contributed by atoms with Crippen LogP contribution in [0, 0.1) is 5.41 Å². The fourth-order valence-electron chi connectivity index (χ4n) is 6.96. The summed E-state index contributed by atoms with van der Waals surface area (Å²) < 4.78 is 121. The standard InChI is InChI=1S/C48H53F7N10O6/c1-24(58-18-20-60-43(66)45(3,4)5)36-33(23-56)70-41(64-36)28-10-14-32(39-27(28)12-16-35(63-39)48(53,54)55)69-22-17-30(57)40-37(25(2)59-19-21-61-44(67)46(6,7)49)65-42(71-40)29-9-13-31(68-8)38-26(29)11-15-34(62-38)47(50,51)52/h9-16,30,58-59H,1-2,17-23,56-57H2,3-8H3,(H,60,66)(H,61,67)/t30-/m0/s1. The van der Waals surface area contributed by atoms with Gasteiger partial charge in [-0.25, -0.2) is 24.3 Å². The number of pyridine rings is 2. The number of fused-ring (bicyclic) bond motifs is 2. The summed E-state index contributed by atoms with van der Waals surface area (Å²) in [5, 5.41) is 11.7. The summed E-state index contributed by atoms with van der Waals surface area (Å²) in [4.78, 5) is 41.3. The number of nitrogens with two attached hydrogens (primary N) is 2. The van der Waals surface area contributed by atoms with Crippen molar-refractivity contribution in [2.24, 2.45) is 16.9 Å². The number of hydrogen-bond acceptors (Lipinski definition) is 14. The highest BCUT2D eigenvalue weighted by atomic mass is 19.4. The SMILES string of the molecule is C=C(NCCNC(=O)C(C)(C)C)c1nc(-c2ccc(OCC[C@H](N)c3oc(-c4ccc(OC)c5nc(C(F)(F)F)ccc45)nc3C(=C)NCCNC(=O)C(C)(C)F)c3nc(C(F)(F)F)ccc23)oc1CN. The number of ether oxygens (including phenoxy) is 2. The van der Waals surface area contributed by atoms with Gasteiger partial charge >= 0.3 is 12.4 Å². The minimum atomic E-state index is -4.83. The van der Waals surface area contributed by atoms with E-state index in [1.165, 1.54) is 43.5 Å². The lowest BCUT2D eigenvalue weighted by Crippen LogP contribution is -2.41. The van der Waals surface area contributed by atoms with Crippen LogP contribution in [0.1, 0.15) is 81.4 Å². The van der Waals surface area contributed by atoms with Crippen molar-refractivity contribution in [2.75, 3.05) is 39.9 Å². The maximum absolute atomic E-state index is 14.1. The van der Waals surface area contributed by atoms with Crippen LogP contribution in [0.3, 0.4) is 0 Å². The average Bonchev–Trinajstić information content (AvgIpc) is 3.95. The van der Waals surface area contributed by atoms with Gasteiger partial charge in [0.25, 0.3) is 5.91 Å². The smallest absolute Gasteiger partial charge is 0.433 e. The molecule has 71 heavy (non-hydrogen) atoms. The first kappa shape index (κ1) is 53.1. The highest BCUT2D eigenvalue weighted by Gasteiger charge is 2.35. The van der Waals surface area contributed by atoms with E-state index >= 15 is 0 Å². The molecule has 6 rings (SSSR count). The van der Waals surface area contributed by atoms with Crippen LogP contribution in [-0.2, 0) is 28.5 Å². The number of rotatable bonds is 20. The van der Waals surface area contributed by atoms with Gasteiger partial charge in [0.2, 0.25) is 17.7 Å². The third-order valence-corrected chi connectivity index (χ3v) is 10.8. The van der Waals surface area contributed by atoms with Gasteiger partial charge in [0, 0.05) is 59.9 Å². The monoisotopic (exact) mass is 998 g/mol. The number of carbonyl (C=O) groups is 2. The van der Waals surface area contributed by atoms with Crippen LogP contribution in [0.15, 0.2) is 70.5 Å². The number of oxazole rings is 2. The molecule has 2 aromatic carbocycles. The minimum absolute atomic E-state index is 0.00176. The molecule has 0 fully saturated rings. The fraction of sp³-hybridized carbons (Fsp3) is 0.375. The summed E-state index contributed by atoms with van der Waals surface area (Å²) in [7, 11) is 1.27. The number of amides is 2. The number of aromatic nitrogens is 4. The van der Waals surface area contributed by atoms with Crippen LogP contribution >= 0.6 is 0 Å². The Bertz CT molecular complexity index is 2950. The average molecular weight is 999 g/mol. The Hall–Kier alpha value is -7.27. The Morgan fingerprint density at radius 3 is 1.65 bits per heavy atom. The number of methoxy groups -OCH3 is 1. The zero-order valence-electron chi connectivity index (χ0n) is 39.6. The molecule has 6 aromatic rings. The van der Waals surface area contributed by atoms with Crippen molar-refractivity contribution < 1.29 is 58.6 Å². The molecule has 0 aliphatic carbocycles. The van der Waals surface area contributed by atoms with E-state index in [0.717, 1.165) is 26.0 Å². The van der Waals surface area contributed by atoms with E-state index < -0.39 is 46.8 Å². The van der Waals surface area contributed by atoms with E-state index in [1.807, 2.05) is 0 Å². The third kappa shape index (κ3) is 12.4. The topological polar surface area (TPSA) is 231 Å². The fourth-order valence-corrected chi connectivity index (χ4v) is 6.96. The zero-order chi connectivity index (χ0) is 52.2. The third-order valence-electron chi connectivity index (χ3n) is 10.8. The quantitative estimate of drug-likeness (QED) is 0.0313. The lowest BCUT2D eigenvalue weighted by atomic mass is 9.96. The van der Waals surface area contributed by atoms with Gasteiger partial charge in [0.15, 0.2) is 11.4 Å². The molecule has 0 bridgehead atoms. The van der Waals surface area contributed by atoms with Crippen LogP contribution in [0.2, 0.25) is 0 Å². The first-order valence-corrected chi connectivity index (χ1v) is 22.0. The number of nitrogens with one attached hydrogen (secondary N) is 4. The molecule has 380 valence electrons. The maximum Gasteiger partial charge on any atom is 0.433 e. The van der Waals surface area contributed by atoms with E-state index in [0.29, 0.717) is 5.70 Å². The van der Waals surface area contributed by atoms with Crippen LogP contribution in [0.25, 0.3) is 56.1 Å². The van der Waals surface area contributed by atoms with Crippen LogP contribution in [-0.4, -0.2) is 77.3 Å². The van der Waals surface area contributed by atoms with Crippen molar-refractivity contribution in [1.29, 1.82) is 0 Å². The molecule has 2 amide bonds. The molecule has 0 unspecified atom stereocenters. The largest absolute Gasteiger partial charge is 0.494 e. The highest BCUT2D eigenvalue weighted by Crippen LogP contribution is 2.40. The predicted molar refractivity (Wildman–Crippen MR) is 251 cm³/mol. The molecule has 0 aliphatic heterocycles. The van der Waals surface area contributed by atoms with Crippen LogP contribution in [0.5, 0.6) is 11.5 Å². The number of carbonyl (C=O) groups excluding carboxylic acids is 2.